The van der Waals surface area contributed by atoms with Gasteiger partial charge in [0, 0.05) is 51.0 Å². The zero-order chi connectivity index (χ0) is 17.9. The smallest absolute Gasteiger partial charge is 0.222 e. The van der Waals surface area contributed by atoms with Crippen LogP contribution in [0.1, 0.15) is 24.8 Å². The lowest BCUT2D eigenvalue weighted by atomic mass is 9.77. The number of amides is 1. The van der Waals surface area contributed by atoms with E-state index in [0.29, 0.717) is 18.3 Å². The van der Waals surface area contributed by atoms with Gasteiger partial charge in [-0.2, -0.15) is 0 Å². The Morgan fingerprint density at radius 3 is 2.58 bits per heavy atom. The Balaban J connectivity index is 1.31. The molecular weight excluding hydrogens is 330 g/mol. The molecule has 1 N–H and O–H groups in total. The van der Waals surface area contributed by atoms with Crippen LogP contribution < -0.4 is 0 Å². The molecule has 26 heavy (non-hydrogen) atoms. The summed E-state index contributed by atoms with van der Waals surface area (Å²) < 4.78 is 5.44. The Morgan fingerprint density at radius 2 is 1.85 bits per heavy atom. The summed E-state index contributed by atoms with van der Waals surface area (Å²) in [5, 5.41) is 10.7. The molecule has 0 bridgehead atoms. The molecule has 4 atom stereocenters. The molecular formula is C20H29N3O3. The Labute approximate surface area is 155 Å². The summed E-state index contributed by atoms with van der Waals surface area (Å²) in [6, 6.07) is 4.17. The monoisotopic (exact) mass is 359 g/mol. The van der Waals surface area contributed by atoms with Crippen LogP contribution in [0.4, 0.5) is 0 Å². The third kappa shape index (κ3) is 3.92. The van der Waals surface area contributed by atoms with Crippen LogP contribution >= 0.6 is 0 Å². The van der Waals surface area contributed by atoms with Gasteiger partial charge in [0.2, 0.25) is 5.91 Å². The van der Waals surface area contributed by atoms with Crippen molar-refractivity contribution in [2.45, 2.75) is 37.8 Å². The van der Waals surface area contributed by atoms with E-state index < -0.39 is 0 Å². The summed E-state index contributed by atoms with van der Waals surface area (Å²) in [7, 11) is 0. The number of aromatic nitrogens is 1. The standard InChI is InChI=1S/C20H29N3O3/c24-19-12-17-14-23(20(25)2-1-15-3-5-21-6-4-15)13-16(17)11-18(19)22-7-9-26-10-8-22/h3-6,16-19,24H,1-2,7-14H2/t16-,17+,18-,19-/m1/s1. The van der Waals surface area contributed by atoms with E-state index in [-0.39, 0.29) is 18.1 Å². The number of hydrogen-bond acceptors (Lipinski definition) is 5. The van der Waals surface area contributed by atoms with Crippen LogP contribution in [-0.2, 0) is 16.0 Å². The second kappa shape index (κ2) is 8.03. The summed E-state index contributed by atoms with van der Waals surface area (Å²) in [6.45, 7) is 5.01. The minimum Gasteiger partial charge on any atom is -0.391 e. The number of carbonyl (C=O) groups excluding carboxylic acids is 1. The van der Waals surface area contributed by atoms with Crippen molar-refractivity contribution in [1.82, 2.24) is 14.8 Å². The SMILES string of the molecule is O=C(CCc1ccncc1)N1C[C@H]2C[C@@H](N3CCOCC3)[C@H](O)C[C@H]2C1. The van der Waals surface area contributed by atoms with Gasteiger partial charge in [-0.15, -0.1) is 0 Å². The number of carbonyl (C=O) groups is 1. The van der Waals surface area contributed by atoms with Crippen molar-refractivity contribution in [3.8, 4) is 0 Å². The predicted molar refractivity (Wildman–Crippen MR) is 97.5 cm³/mol. The molecule has 1 aromatic rings. The largest absolute Gasteiger partial charge is 0.391 e. The summed E-state index contributed by atoms with van der Waals surface area (Å²) >= 11 is 0. The molecule has 3 fully saturated rings. The van der Waals surface area contributed by atoms with Crippen molar-refractivity contribution in [3.05, 3.63) is 30.1 Å². The summed E-state index contributed by atoms with van der Waals surface area (Å²) in [6.07, 6.45) is 6.42. The Kier molecular flexibility index (Phi) is 5.52. The van der Waals surface area contributed by atoms with E-state index in [1.165, 1.54) is 0 Å². The zero-order valence-electron chi connectivity index (χ0n) is 15.3. The maximum atomic E-state index is 12.6. The van der Waals surface area contributed by atoms with E-state index in [1.54, 1.807) is 12.4 Å². The first-order valence-electron chi connectivity index (χ1n) is 9.87. The molecule has 2 saturated heterocycles. The summed E-state index contributed by atoms with van der Waals surface area (Å²) in [5.74, 6) is 1.22. The number of morpholine rings is 1. The van der Waals surface area contributed by atoms with E-state index in [1.807, 2.05) is 17.0 Å². The van der Waals surface area contributed by atoms with Gasteiger partial charge in [-0.25, -0.2) is 0 Å². The molecule has 2 aliphatic heterocycles. The Morgan fingerprint density at radius 1 is 1.15 bits per heavy atom. The molecule has 3 heterocycles. The number of pyridine rings is 1. The lowest BCUT2D eigenvalue weighted by Crippen LogP contribution is -2.53. The number of rotatable bonds is 4. The van der Waals surface area contributed by atoms with Crippen molar-refractivity contribution in [2.75, 3.05) is 39.4 Å². The summed E-state index contributed by atoms with van der Waals surface area (Å²) in [5.41, 5.74) is 1.16. The topological polar surface area (TPSA) is 65.9 Å². The van der Waals surface area contributed by atoms with Crippen LogP contribution in [0.25, 0.3) is 0 Å². The van der Waals surface area contributed by atoms with Gasteiger partial charge >= 0.3 is 0 Å². The number of ether oxygens (including phenoxy) is 1. The highest BCUT2D eigenvalue weighted by atomic mass is 16.5. The lowest BCUT2D eigenvalue weighted by molar-refractivity contribution is -0.130. The van der Waals surface area contributed by atoms with Crippen LogP contribution in [0.5, 0.6) is 0 Å². The second-order valence-corrected chi connectivity index (χ2v) is 7.93. The molecule has 0 spiro atoms. The molecule has 3 aliphatic rings. The maximum absolute atomic E-state index is 12.6. The number of hydrogen-bond donors (Lipinski definition) is 1. The molecule has 1 amide bonds. The van der Waals surface area contributed by atoms with Crippen LogP contribution in [0.15, 0.2) is 24.5 Å². The number of aryl methyl sites for hydroxylation is 1. The van der Waals surface area contributed by atoms with Crippen molar-refractivity contribution in [2.24, 2.45) is 11.8 Å². The predicted octanol–water partition coefficient (Wildman–Crippen LogP) is 0.944. The van der Waals surface area contributed by atoms with Crippen LogP contribution in [0.3, 0.4) is 0 Å². The molecule has 6 heteroatoms. The molecule has 0 unspecified atom stereocenters. The highest BCUT2D eigenvalue weighted by molar-refractivity contribution is 5.76. The minimum atomic E-state index is -0.277. The molecule has 4 rings (SSSR count). The maximum Gasteiger partial charge on any atom is 0.222 e. The van der Waals surface area contributed by atoms with Crippen LogP contribution in [0, 0.1) is 11.8 Å². The van der Waals surface area contributed by atoms with E-state index in [9.17, 15) is 9.90 Å². The average Bonchev–Trinajstić information content (AvgIpc) is 3.10. The van der Waals surface area contributed by atoms with E-state index >= 15 is 0 Å². The van der Waals surface area contributed by atoms with Crippen LogP contribution in [0.2, 0.25) is 0 Å². The molecule has 0 radical (unpaired) electrons. The zero-order valence-corrected chi connectivity index (χ0v) is 15.3. The van der Waals surface area contributed by atoms with Gasteiger partial charge in [0.25, 0.3) is 0 Å². The first-order chi connectivity index (χ1) is 12.7. The number of aliphatic hydroxyl groups is 1. The molecule has 6 nitrogen and oxygen atoms in total. The van der Waals surface area contributed by atoms with Crippen molar-refractivity contribution >= 4 is 5.91 Å². The number of fused-ring (bicyclic) bond motifs is 1. The van der Waals surface area contributed by atoms with E-state index in [2.05, 4.69) is 9.88 Å². The summed E-state index contributed by atoms with van der Waals surface area (Å²) in [4.78, 5) is 21.1. The minimum absolute atomic E-state index is 0.229. The van der Waals surface area contributed by atoms with Gasteiger partial charge in [0.15, 0.2) is 0 Å². The number of aliphatic hydroxyl groups excluding tert-OH is 1. The molecule has 142 valence electrons. The van der Waals surface area contributed by atoms with Gasteiger partial charge in [0.05, 0.1) is 19.3 Å². The molecule has 1 saturated carbocycles. The fraction of sp³-hybridized carbons (Fsp3) is 0.700. The van der Waals surface area contributed by atoms with Gasteiger partial charge in [-0.1, -0.05) is 0 Å². The fourth-order valence-electron chi connectivity index (χ4n) is 4.87. The van der Waals surface area contributed by atoms with Gasteiger partial charge in [0.1, 0.15) is 0 Å². The number of likely N-dealkylation sites (tertiary alicyclic amines) is 1. The van der Waals surface area contributed by atoms with E-state index in [0.717, 1.165) is 64.2 Å². The Bertz CT molecular complexity index is 606. The molecule has 0 aromatic carbocycles. The van der Waals surface area contributed by atoms with Gasteiger partial charge < -0.3 is 14.7 Å². The van der Waals surface area contributed by atoms with Crippen molar-refractivity contribution < 1.29 is 14.6 Å². The highest BCUT2D eigenvalue weighted by Gasteiger charge is 2.44. The third-order valence-corrected chi connectivity index (χ3v) is 6.35. The quantitative estimate of drug-likeness (QED) is 0.867. The van der Waals surface area contributed by atoms with Gasteiger partial charge in [-0.05, 0) is 48.8 Å². The molecule has 1 aromatic heterocycles. The third-order valence-electron chi connectivity index (χ3n) is 6.35. The molecule has 1 aliphatic carbocycles. The Hall–Kier alpha value is -1.50. The first-order valence-corrected chi connectivity index (χ1v) is 9.87. The van der Waals surface area contributed by atoms with Crippen LogP contribution in [-0.4, -0.2) is 77.3 Å². The second-order valence-electron chi connectivity index (χ2n) is 7.93. The van der Waals surface area contributed by atoms with Gasteiger partial charge in [-0.3, -0.25) is 14.7 Å². The normalized spacial score (nSPS) is 32.4. The highest BCUT2D eigenvalue weighted by Crippen LogP contribution is 2.38. The van der Waals surface area contributed by atoms with Crippen molar-refractivity contribution in [1.29, 1.82) is 0 Å². The fourth-order valence-corrected chi connectivity index (χ4v) is 4.87. The van der Waals surface area contributed by atoms with E-state index in [4.69, 9.17) is 4.74 Å². The average molecular weight is 359 g/mol. The van der Waals surface area contributed by atoms with Crippen molar-refractivity contribution in [3.63, 3.8) is 0 Å². The lowest BCUT2D eigenvalue weighted by Gasteiger charge is -2.43. The number of nitrogens with zero attached hydrogens (tertiary/aromatic N) is 3. The first kappa shape index (κ1) is 17.9.